The number of rotatable bonds is 6. The molecule has 0 radical (unpaired) electrons. The average molecular weight is 265 g/mol. The molecule has 0 saturated carbocycles. The molecule has 1 atom stereocenters. The van der Waals surface area contributed by atoms with Crippen molar-refractivity contribution in [2.75, 3.05) is 20.1 Å². The zero-order chi connectivity index (χ0) is 13.7. The SMILES string of the molecule is CNCCCc1cnc(C2CCCCN2C(C)C)o1. The number of nitrogens with one attached hydrogen (secondary N) is 1. The minimum Gasteiger partial charge on any atom is -0.444 e. The number of aryl methyl sites for hydroxylation is 1. The minimum atomic E-state index is 0.381. The number of piperidine rings is 1. The lowest BCUT2D eigenvalue weighted by Crippen LogP contribution is -2.38. The lowest BCUT2D eigenvalue weighted by molar-refractivity contribution is 0.0915. The summed E-state index contributed by atoms with van der Waals surface area (Å²) < 4.78 is 5.97. The maximum absolute atomic E-state index is 5.97. The van der Waals surface area contributed by atoms with E-state index in [4.69, 9.17) is 4.42 Å². The number of likely N-dealkylation sites (tertiary alicyclic amines) is 1. The van der Waals surface area contributed by atoms with Gasteiger partial charge in [0.05, 0.1) is 12.2 Å². The summed E-state index contributed by atoms with van der Waals surface area (Å²) in [5, 5.41) is 3.16. The van der Waals surface area contributed by atoms with Gasteiger partial charge in [-0.1, -0.05) is 6.42 Å². The van der Waals surface area contributed by atoms with Crippen LogP contribution >= 0.6 is 0 Å². The van der Waals surface area contributed by atoms with Crippen molar-refractivity contribution in [1.82, 2.24) is 15.2 Å². The highest BCUT2D eigenvalue weighted by Crippen LogP contribution is 2.32. The van der Waals surface area contributed by atoms with Crippen molar-refractivity contribution < 1.29 is 4.42 Å². The van der Waals surface area contributed by atoms with Gasteiger partial charge in [-0.3, -0.25) is 4.90 Å². The van der Waals surface area contributed by atoms with Gasteiger partial charge in [-0.2, -0.15) is 0 Å². The summed E-state index contributed by atoms with van der Waals surface area (Å²) in [5.41, 5.74) is 0. The second-order valence-corrected chi connectivity index (χ2v) is 5.72. The second kappa shape index (κ2) is 7.06. The second-order valence-electron chi connectivity index (χ2n) is 5.72. The van der Waals surface area contributed by atoms with Crippen molar-refractivity contribution in [2.45, 2.75) is 58.0 Å². The van der Waals surface area contributed by atoms with E-state index in [9.17, 15) is 0 Å². The number of hydrogen-bond donors (Lipinski definition) is 1. The van der Waals surface area contributed by atoms with Crippen LogP contribution in [-0.2, 0) is 6.42 Å². The number of aromatic nitrogens is 1. The largest absolute Gasteiger partial charge is 0.444 e. The molecule has 1 aliphatic heterocycles. The van der Waals surface area contributed by atoms with Crippen LogP contribution in [0.5, 0.6) is 0 Å². The standard InChI is InChI=1S/C15H27N3O/c1-12(2)18-10-5-4-8-14(18)15-17-11-13(19-15)7-6-9-16-3/h11-12,14,16H,4-10H2,1-3H3. The molecule has 0 bridgehead atoms. The van der Waals surface area contributed by atoms with E-state index in [0.717, 1.165) is 31.0 Å². The first kappa shape index (κ1) is 14.5. The van der Waals surface area contributed by atoms with Crippen LogP contribution in [0, 0.1) is 0 Å². The van der Waals surface area contributed by atoms with Crippen LogP contribution in [0.2, 0.25) is 0 Å². The molecule has 0 amide bonds. The fourth-order valence-corrected chi connectivity index (χ4v) is 2.87. The average Bonchev–Trinajstić information content (AvgIpc) is 2.88. The predicted molar refractivity (Wildman–Crippen MR) is 77.2 cm³/mol. The maximum atomic E-state index is 5.97. The predicted octanol–water partition coefficient (Wildman–Crippen LogP) is 2.76. The van der Waals surface area contributed by atoms with Crippen LogP contribution in [0.25, 0.3) is 0 Å². The van der Waals surface area contributed by atoms with E-state index in [-0.39, 0.29) is 0 Å². The highest BCUT2D eigenvalue weighted by atomic mass is 16.4. The van der Waals surface area contributed by atoms with Gasteiger partial charge in [-0.05, 0) is 53.2 Å². The molecular weight excluding hydrogens is 238 g/mol. The molecule has 0 aromatic carbocycles. The molecule has 2 rings (SSSR count). The zero-order valence-electron chi connectivity index (χ0n) is 12.5. The fraction of sp³-hybridized carbons (Fsp3) is 0.800. The summed E-state index contributed by atoms with van der Waals surface area (Å²) in [6.07, 6.45) is 7.74. The van der Waals surface area contributed by atoms with Crippen molar-refractivity contribution in [2.24, 2.45) is 0 Å². The Morgan fingerprint density at radius 3 is 3.05 bits per heavy atom. The molecule has 1 saturated heterocycles. The lowest BCUT2D eigenvalue weighted by atomic mass is 10.0. The first-order valence-electron chi connectivity index (χ1n) is 7.57. The monoisotopic (exact) mass is 265 g/mol. The topological polar surface area (TPSA) is 41.3 Å². The third-order valence-electron chi connectivity index (χ3n) is 3.91. The summed E-state index contributed by atoms with van der Waals surface area (Å²) in [7, 11) is 1.98. The smallest absolute Gasteiger partial charge is 0.211 e. The lowest BCUT2D eigenvalue weighted by Gasteiger charge is -2.36. The van der Waals surface area contributed by atoms with Gasteiger partial charge < -0.3 is 9.73 Å². The first-order valence-corrected chi connectivity index (χ1v) is 7.57. The van der Waals surface area contributed by atoms with E-state index in [1.54, 1.807) is 0 Å². The van der Waals surface area contributed by atoms with E-state index in [0.29, 0.717) is 12.1 Å². The van der Waals surface area contributed by atoms with Crippen molar-refractivity contribution >= 4 is 0 Å². The molecule has 2 heterocycles. The highest BCUT2D eigenvalue weighted by molar-refractivity contribution is 5.00. The Morgan fingerprint density at radius 2 is 2.32 bits per heavy atom. The van der Waals surface area contributed by atoms with E-state index in [1.165, 1.54) is 25.8 Å². The molecule has 0 aliphatic carbocycles. The van der Waals surface area contributed by atoms with Gasteiger partial charge in [0.25, 0.3) is 0 Å². The molecule has 4 heteroatoms. The van der Waals surface area contributed by atoms with Gasteiger partial charge >= 0.3 is 0 Å². The molecule has 1 aliphatic rings. The zero-order valence-corrected chi connectivity index (χ0v) is 12.5. The van der Waals surface area contributed by atoms with Crippen LogP contribution < -0.4 is 5.32 Å². The van der Waals surface area contributed by atoms with Crippen molar-refractivity contribution in [3.63, 3.8) is 0 Å². The van der Waals surface area contributed by atoms with E-state index in [2.05, 4.69) is 29.0 Å². The van der Waals surface area contributed by atoms with Crippen LogP contribution in [0.3, 0.4) is 0 Å². The normalized spacial score (nSPS) is 21.2. The molecule has 1 aromatic rings. The Balaban J connectivity index is 1.99. The molecule has 1 unspecified atom stereocenters. The van der Waals surface area contributed by atoms with E-state index in [1.807, 2.05) is 13.2 Å². The molecule has 1 fully saturated rings. The van der Waals surface area contributed by atoms with Gasteiger partial charge in [-0.15, -0.1) is 0 Å². The van der Waals surface area contributed by atoms with Gasteiger partial charge in [0, 0.05) is 12.5 Å². The molecule has 1 N–H and O–H groups in total. The molecule has 19 heavy (non-hydrogen) atoms. The summed E-state index contributed by atoms with van der Waals surface area (Å²) in [5.74, 6) is 1.95. The van der Waals surface area contributed by atoms with Crippen molar-refractivity contribution in [3.05, 3.63) is 17.8 Å². The quantitative estimate of drug-likeness (QED) is 0.803. The van der Waals surface area contributed by atoms with Gasteiger partial charge in [0.2, 0.25) is 5.89 Å². The van der Waals surface area contributed by atoms with Crippen molar-refractivity contribution in [3.8, 4) is 0 Å². The van der Waals surface area contributed by atoms with Gasteiger partial charge in [0.15, 0.2) is 0 Å². The Morgan fingerprint density at radius 1 is 1.47 bits per heavy atom. The number of hydrogen-bond acceptors (Lipinski definition) is 4. The van der Waals surface area contributed by atoms with Crippen LogP contribution in [0.15, 0.2) is 10.6 Å². The Labute approximate surface area is 116 Å². The third-order valence-corrected chi connectivity index (χ3v) is 3.91. The highest BCUT2D eigenvalue weighted by Gasteiger charge is 2.29. The molecular formula is C15H27N3O. The van der Waals surface area contributed by atoms with E-state index < -0.39 is 0 Å². The van der Waals surface area contributed by atoms with E-state index >= 15 is 0 Å². The van der Waals surface area contributed by atoms with Crippen molar-refractivity contribution in [1.29, 1.82) is 0 Å². The van der Waals surface area contributed by atoms with Crippen LogP contribution in [-0.4, -0.2) is 36.1 Å². The number of nitrogens with zero attached hydrogens (tertiary/aromatic N) is 2. The molecule has 1 aromatic heterocycles. The Hall–Kier alpha value is -0.870. The summed E-state index contributed by atoms with van der Waals surface area (Å²) in [6.45, 7) is 6.71. The van der Waals surface area contributed by atoms with Crippen LogP contribution in [0.4, 0.5) is 0 Å². The maximum Gasteiger partial charge on any atom is 0.211 e. The van der Waals surface area contributed by atoms with Crippen LogP contribution in [0.1, 0.15) is 57.2 Å². The Kier molecular flexibility index (Phi) is 5.40. The first-order chi connectivity index (χ1) is 9.22. The Bertz CT molecular complexity index is 375. The third kappa shape index (κ3) is 3.80. The fourth-order valence-electron chi connectivity index (χ4n) is 2.87. The summed E-state index contributed by atoms with van der Waals surface area (Å²) in [4.78, 5) is 7.04. The number of oxazole rings is 1. The van der Waals surface area contributed by atoms with Gasteiger partial charge in [-0.25, -0.2) is 4.98 Å². The molecule has 4 nitrogen and oxygen atoms in total. The summed E-state index contributed by atoms with van der Waals surface area (Å²) >= 11 is 0. The van der Waals surface area contributed by atoms with Gasteiger partial charge in [0.1, 0.15) is 5.76 Å². The molecule has 108 valence electrons. The summed E-state index contributed by atoms with van der Waals surface area (Å²) in [6, 6.07) is 0.941. The molecule has 0 spiro atoms. The minimum absolute atomic E-state index is 0.381.